The van der Waals surface area contributed by atoms with Crippen LogP contribution in [0.4, 0.5) is 25.8 Å². The average Bonchev–Trinajstić information content (AvgIpc) is 3.79. The van der Waals surface area contributed by atoms with Crippen LogP contribution in [0.2, 0.25) is 0 Å². The maximum atomic E-state index is 14.7. The Bertz CT molecular complexity index is 1880. The van der Waals surface area contributed by atoms with Crippen molar-refractivity contribution < 1.29 is 23.1 Å². The number of rotatable bonds is 6. The van der Waals surface area contributed by atoms with Gasteiger partial charge in [-0.05, 0) is 49.4 Å². The fourth-order valence-electron chi connectivity index (χ4n) is 8.71. The molecule has 4 atom stereocenters. The number of amides is 2. The van der Waals surface area contributed by atoms with Crippen LogP contribution in [0.5, 0.6) is 5.88 Å². The molecule has 3 fully saturated rings. The number of carbonyl (C=O) groups excluding carboxylic acids is 2. The number of anilines is 3. The van der Waals surface area contributed by atoms with Crippen LogP contribution in [0, 0.1) is 11.3 Å². The number of hydrogen-bond donors (Lipinski definition) is 0. The van der Waals surface area contributed by atoms with E-state index in [0.29, 0.717) is 37.5 Å². The van der Waals surface area contributed by atoms with Gasteiger partial charge in [0.2, 0.25) is 5.88 Å². The Morgan fingerprint density at radius 3 is 2.90 bits per heavy atom. The molecule has 3 aromatic rings. The highest BCUT2D eigenvalue weighted by Gasteiger charge is 2.51. The van der Waals surface area contributed by atoms with E-state index in [1.807, 2.05) is 4.90 Å². The van der Waals surface area contributed by atoms with Gasteiger partial charge in [0, 0.05) is 54.4 Å². The molecule has 7 heterocycles. The summed E-state index contributed by atoms with van der Waals surface area (Å²) >= 11 is 1.70. The minimum absolute atomic E-state index is 0.0284. The molecule has 48 heavy (non-hydrogen) atoms. The van der Waals surface area contributed by atoms with E-state index in [4.69, 9.17) is 9.72 Å². The lowest BCUT2D eigenvalue weighted by Gasteiger charge is -2.51. The molecule has 2 unspecified atom stereocenters. The minimum Gasteiger partial charge on any atom is -0.474 e. The van der Waals surface area contributed by atoms with Crippen LogP contribution in [0.25, 0.3) is 10.1 Å². The lowest BCUT2D eigenvalue weighted by atomic mass is 9.93. The Morgan fingerprint density at radius 2 is 2.08 bits per heavy atom. The summed E-state index contributed by atoms with van der Waals surface area (Å²) in [7, 11) is 1.68. The van der Waals surface area contributed by atoms with E-state index in [-0.39, 0.29) is 32.0 Å². The summed E-state index contributed by atoms with van der Waals surface area (Å²) < 4.78 is 36.7. The van der Waals surface area contributed by atoms with Crippen LogP contribution in [0.15, 0.2) is 42.1 Å². The number of alkyl halides is 1. The Morgan fingerprint density at radius 1 is 1.23 bits per heavy atom. The minimum atomic E-state index is -1.12. The second-order valence-corrected chi connectivity index (χ2v) is 14.6. The van der Waals surface area contributed by atoms with Gasteiger partial charge in [-0.3, -0.25) is 14.5 Å². The molecule has 1 aromatic carbocycles. The maximum absolute atomic E-state index is 14.7. The number of halogens is 2. The van der Waals surface area contributed by atoms with E-state index >= 15 is 0 Å². The van der Waals surface area contributed by atoms with Crippen LogP contribution in [0.1, 0.15) is 36.9 Å². The molecule has 0 saturated carbocycles. The molecule has 5 aliphatic heterocycles. The number of hydrogen-bond acceptors (Lipinski definition) is 9. The molecule has 10 nitrogen and oxygen atoms in total. The monoisotopic (exact) mass is 673 g/mol. The number of nitrogens with zero attached hydrogens (tertiary/aromatic N) is 7. The van der Waals surface area contributed by atoms with Gasteiger partial charge in [0.25, 0.3) is 11.8 Å². The van der Waals surface area contributed by atoms with Crippen LogP contribution >= 0.6 is 11.3 Å². The van der Waals surface area contributed by atoms with E-state index < -0.39 is 35.5 Å². The fourth-order valence-corrected chi connectivity index (χ4v) is 9.52. The number of pyridine rings is 1. The molecule has 13 heteroatoms. The number of aromatic nitrogens is 1. The summed E-state index contributed by atoms with van der Waals surface area (Å²) in [4.78, 5) is 41.4. The van der Waals surface area contributed by atoms with Crippen molar-refractivity contribution in [3.8, 4) is 11.9 Å². The van der Waals surface area contributed by atoms with Crippen LogP contribution in [-0.4, -0.2) is 96.8 Å². The first kappa shape index (κ1) is 31.0. The molecule has 8 rings (SSSR count). The predicted octanol–water partition coefficient (Wildman–Crippen LogP) is 4.57. The van der Waals surface area contributed by atoms with Crippen LogP contribution in [0.3, 0.4) is 0 Å². The highest BCUT2D eigenvalue weighted by molar-refractivity contribution is 7.17. The predicted molar refractivity (Wildman–Crippen MR) is 180 cm³/mol. The number of fused-ring (bicyclic) bond motifs is 7. The molecule has 2 aromatic heterocycles. The molecule has 2 amide bonds. The Labute approximate surface area is 281 Å². The van der Waals surface area contributed by atoms with Crippen molar-refractivity contribution >= 4 is 50.3 Å². The van der Waals surface area contributed by atoms with Crippen molar-refractivity contribution in [2.75, 3.05) is 61.1 Å². The lowest BCUT2D eigenvalue weighted by molar-refractivity contribution is -0.133. The molecule has 0 spiro atoms. The largest absolute Gasteiger partial charge is 0.474 e. The number of carbonyl (C=O) groups is 2. The number of ether oxygens (including phenoxy) is 1. The van der Waals surface area contributed by atoms with Gasteiger partial charge in [-0.15, -0.1) is 11.3 Å². The number of benzene rings is 1. The van der Waals surface area contributed by atoms with Gasteiger partial charge in [0.15, 0.2) is 5.83 Å². The first-order valence-electron chi connectivity index (χ1n) is 16.5. The first-order chi connectivity index (χ1) is 23.2. The van der Waals surface area contributed by atoms with E-state index in [9.17, 15) is 23.6 Å². The average molecular weight is 674 g/mol. The number of likely N-dealkylation sites (N-methyl/N-ethyl adjacent to an activating group) is 1. The molecule has 3 saturated heterocycles. The summed E-state index contributed by atoms with van der Waals surface area (Å²) in [6.07, 6.45) is 1.92. The van der Waals surface area contributed by atoms with Gasteiger partial charge in [0.1, 0.15) is 24.5 Å². The van der Waals surface area contributed by atoms with Crippen LogP contribution < -0.4 is 19.4 Å². The zero-order valence-corrected chi connectivity index (χ0v) is 27.6. The third kappa shape index (κ3) is 4.83. The molecular formula is C35H37F2N7O3S. The SMILES string of the molecule is C=C(F)C(=O)N1CC2C(=O)N(C)c3c(OCC45CCCN4C[C@H](F)C5)nc4c(c3N2C[C@@H]1CC#N)CCN(c1cccc2sccc12)C4. The zero-order valence-electron chi connectivity index (χ0n) is 26.8. The van der Waals surface area contributed by atoms with Gasteiger partial charge in [-0.25, -0.2) is 13.8 Å². The molecule has 0 N–H and O–H groups in total. The van der Waals surface area contributed by atoms with Crippen molar-refractivity contribution in [1.29, 1.82) is 5.26 Å². The van der Waals surface area contributed by atoms with Crippen molar-refractivity contribution in [3.63, 3.8) is 0 Å². The molecule has 0 radical (unpaired) electrons. The van der Waals surface area contributed by atoms with Gasteiger partial charge in [-0.1, -0.05) is 12.6 Å². The normalized spacial score (nSPS) is 26.6. The second-order valence-electron chi connectivity index (χ2n) is 13.6. The van der Waals surface area contributed by atoms with Gasteiger partial charge >= 0.3 is 0 Å². The lowest BCUT2D eigenvalue weighted by Crippen LogP contribution is -2.66. The van der Waals surface area contributed by atoms with Crippen molar-refractivity contribution in [2.24, 2.45) is 0 Å². The molecule has 250 valence electrons. The molecule has 5 aliphatic rings. The third-order valence-corrected chi connectivity index (χ3v) is 11.9. The van der Waals surface area contributed by atoms with Gasteiger partial charge in [0.05, 0.1) is 48.5 Å². The maximum Gasteiger partial charge on any atom is 0.282 e. The molecule has 0 bridgehead atoms. The molecular weight excluding hydrogens is 636 g/mol. The standard InChI is InChI=1S/C35H37F2N7O3S/c1-21(36)33(45)43-19-28-34(46)40(2)31-30(44(28)17-23(43)7-11-38)24-8-13-41(27-5-3-6-29-25(27)9-14-48-29)18-26(24)39-32(31)47-20-35-10-4-12-42(35)16-22(37)15-35/h3,5-6,9,14,22-23,28H,1,4,7-8,10,12-13,15-20H2,2H3/t22-,23+,28?,35?/m1/s1. The highest BCUT2D eigenvalue weighted by atomic mass is 32.1. The van der Waals surface area contributed by atoms with E-state index in [1.54, 1.807) is 23.3 Å². The smallest absolute Gasteiger partial charge is 0.282 e. The summed E-state index contributed by atoms with van der Waals surface area (Å²) in [5.41, 5.74) is 3.88. The Balaban J connectivity index is 1.23. The number of nitriles is 1. The van der Waals surface area contributed by atoms with Crippen molar-refractivity contribution in [3.05, 3.63) is 53.3 Å². The quantitative estimate of drug-likeness (QED) is 0.352. The first-order valence-corrected chi connectivity index (χ1v) is 17.4. The van der Waals surface area contributed by atoms with E-state index in [2.05, 4.69) is 52.1 Å². The third-order valence-electron chi connectivity index (χ3n) is 11.0. The van der Waals surface area contributed by atoms with Gasteiger partial charge in [-0.2, -0.15) is 5.26 Å². The molecule has 0 aliphatic carbocycles. The summed E-state index contributed by atoms with van der Waals surface area (Å²) in [5.74, 6) is -1.98. The van der Waals surface area contributed by atoms with Crippen molar-refractivity contribution in [1.82, 2.24) is 14.8 Å². The van der Waals surface area contributed by atoms with E-state index in [0.717, 1.165) is 48.6 Å². The Hall–Kier alpha value is -4.28. The Kier molecular flexibility index (Phi) is 7.56. The van der Waals surface area contributed by atoms with E-state index in [1.165, 1.54) is 15.0 Å². The number of piperazine rings is 1. The topological polar surface area (TPSA) is 96.3 Å². The number of thiophene rings is 1. The van der Waals surface area contributed by atoms with Gasteiger partial charge < -0.3 is 24.3 Å². The summed E-state index contributed by atoms with van der Waals surface area (Å²) in [6.45, 7) is 6.00. The summed E-state index contributed by atoms with van der Waals surface area (Å²) in [6, 6.07) is 9.15. The van der Waals surface area contributed by atoms with Crippen molar-refractivity contribution in [2.45, 2.75) is 62.4 Å². The van der Waals surface area contributed by atoms with Crippen LogP contribution in [-0.2, 0) is 22.6 Å². The summed E-state index contributed by atoms with van der Waals surface area (Å²) in [5, 5.41) is 13.0. The highest BCUT2D eigenvalue weighted by Crippen LogP contribution is 2.49. The second kappa shape index (κ2) is 11.7. The fraction of sp³-hybridized carbons (Fsp3) is 0.486. The zero-order chi connectivity index (χ0) is 33.3.